The van der Waals surface area contributed by atoms with Gasteiger partial charge in [0.25, 0.3) is 0 Å². The number of hydrogen-bond acceptors (Lipinski definition) is 3. The lowest BCUT2D eigenvalue weighted by atomic mass is 10.2. The van der Waals surface area contributed by atoms with E-state index in [1.54, 1.807) is 6.07 Å². The number of hydrogen-bond donors (Lipinski definition) is 0. The number of imidazole rings is 1. The van der Waals surface area contributed by atoms with E-state index in [1.165, 1.54) is 12.1 Å². The Hall–Kier alpha value is -1.62. The number of aromatic nitrogens is 2. The number of ether oxygens (including phenoxy) is 1. The van der Waals surface area contributed by atoms with Gasteiger partial charge in [-0.2, -0.15) is 0 Å². The molecule has 2 heterocycles. The number of rotatable bonds is 2. The highest BCUT2D eigenvalue weighted by Gasteiger charge is 2.23. The number of benzene rings is 1. The molecule has 1 saturated heterocycles. The lowest BCUT2D eigenvalue weighted by Gasteiger charge is -2.24. The number of nitrogens with zero attached hydrogens (tertiary/aromatic N) is 3. The standard InChI is InChI=1S/C13H16FN3O/c1-16(10-5-6-18-8-10)13-15-11-4-3-9(14)7-12(11)17(13)2/h3-4,7,10H,5-6,8H2,1-2H3. The largest absolute Gasteiger partial charge is 0.379 e. The van der Waals surface area contributed by atoms with Crippen LogP contribution in [-0.2, 0) is 11.8 Å². The first-order valence-electron chi connectivity index (χ1n) is 6.09. The van der Waals surface area contributed by atoms with Crippen LogP contribution >= 0.6 is 0 Å². The summed E-state index contributed by atoms with van der Waals surface area (Å²) < 4.78 is 20.6. The molecule has 1 fully saturated rings. The second kappa shape index (κ2) is 4.24. The van der Waals surface area contributed by atoms with E-state index in [0.29, 0.717) is 6.04 Å². The van der Waals surface area contributed by atoms with E-state index < -0.39 is 0 Å². The zero-order chi connectivity index (χ0) is 12.7. The molecule has 0 spiro atoms. The van der Waals surface area contributed by atoms with Crippen LogP contribution in [0, 0.1) is 5.82 Å². The zero-order valence-electron chi connectivity index (χ0n) is 10.6. The second-order valence-electron chi connectivity index (χ2n) is 4.73. The van der Waals surface area contributed by atoms with E-state index in [1.807, 2.05) is 18.7 Å². The van der Waals surface area contributed by atoms with Crippen molar-refractivity contribution in [1.29, 1.82) is 0 Å². The van der Waals surface area contributed by atoms with Crippen LogP contribution in [0.5, 0.6) is 0 Å². The summed E-state index contributed by atoms with van der Waals surface area (Å²) in [4.78, 5) is 6.68. The second-order valence-corrected chi connectivity index (χ2v) is 4.73. The van der Waals surface area contributed by atoms with Crippen molar-refractivity contribution >= 4 is 17.0 Å². The number of anilines is 1. The maximum Gasteiger partial charge on any atom is 0.206 e. The molecule has 0 bridgehead atoms. The van der Waals surface area contributed by atoms with E-state index in [9.17, 15) is 4.39 Å². The monoisotopic (exact) mass is 249 g/mol. The molecule has 1 aromatic carbocycles. The normalized spacial score (nSPS) is 19.6. The molecule has 2 aromatic rings. The van der Waals surface area contributed by atoms with Crippen LogP contribution in [0.1, 0.15) is 6.42 Å². The summed E-state index contributed by atoms with van der Waals surface area (Å²) in [7, 11) is 3.92. The van der Waals surface area contributed by atoms with E-state index in [2.05, 4.69) is 9.88 Å². The van der Waals surface area contributed by atoms with Crippen molar-refractivity contribution in [2.24, 2.45) is 7.05 Å². The molecule has 0 aliphatic carbocycles. The lowest BCUT2D eigenvalue weighted by molar-refractivity contribution is 0.193. The van der Waals surface area contributed by atoms with E-state index >= 15 is 0 Å². The van der Waals surface area contributed by atoms with Crippen LogP contribution in [0.4, 0.5) is 10.3 Å². The number of likely N-dealkylation sites (N-methyl/N-ethyl adjacent to an activating group) is 1. The summed E-state index contributed by atoms with van der Waals surface area (Å²) in [5.41, 5.74) is 1.63. The maximum absolute atomic E-state index is 13.3. The van der Waals surface area contributed by atoms with Gasteiger partial charge in [-0.05, 0) is 24.6 Å². The Kier molecular flexibility index (Phi) is 2.70. The van der Waals surface area contributed by atoms with Crippen molar-refractivity contribution in [2.75, 3.05) is 25.2 Å². The molecular formula is C13H16FN3O. The number of aryl methyl sites for hydroxylation is 1. The van der Waals surface area contributed by atoms with Crippen molar-refractivity contribution in [3.05, 3.63) is 24.0 Å². The minimum atomic E-state index is -0.232. The summed E-state index contributed by atoms with van der Waals surface area (Å²) in [6.07, 6.45) is 1.01. The Balaban J connectivity index is 2.03. The van der Waals surface area contributed by atoms with E-state index in [4.69, 9.17) is 4.74 Å². The molecule has 1 unspecified atom stereocenters. The molecule has 5 heteroatoms. The van der Waals surface area contributed by atoms with Gasteiger partial charge >= 0.3 is 0 Å². The SMILES string of the molecule is CN(c1nc2ccc(F)cc2n1C)C1CCOC1. The molecule has 3 rings (SSSR count). The van der Waals surface area contributed by atoms with Crippen LogP contribution in [0.2, 0.25) is 0 Å². The van der Waals surface area contributed by atoms with Gasteiger partial charge in [0.15, 0.2) is 0 Å². The first kappa shape index (κ1) is 11.5. The summed E-state index contributed by atoms with van der Waals surface area (Å²) in [5.74, 6) is 0.620. The Labute approximate surface area is 105 Å². The third-order valence-corrected chi connectivity index (χ3v) is 3.59. The highest BCUT2D eigenvalue weighted by atomic mass is 19.1. The average Bonchev–Trinajstić information content (AvgIpc) is 2.98. The smallest absolute Gasteiger partial charge is 0.206 e. The van der Waals surface area contributed by atoms with Gasteiger partial charge in [0.05, 0.1) is 23.7 Å². The van der Waals surface area contributed by atoms with Crippen LogP contribution in [0.25, 0.3) is 11.0 Å². The molecule has 0 N–H and O–H groups in total. The molecule has 0 saturated carbocycles. The van der Waals surface area contributed by atoms with Crippen molar-refractivity contribution in [3.8, 4) is 0 Å². The summed E-state index contributed by atoms with van der Waals surface area (Å²) in [5, 5.41) is 0. The van der Waals surface area contributed by atoms with Gasteiger partial charge in [0, 0.05) is 20.7 Å². The van der Waals surface area contributed by atoms with Crippen molar-refractivity contribution in [3.63, 3.8) is 0 Å². The Morgan fingerprint density at radius 2 is 2.33 bits per heavy atom. The minimum Gasteiger partial charge on any atom is -0.379 e. The Morgan fingerprint density at radius 1 is 1.50 bits per heavy atom. The van der Waals surface area contributed by atoms with Gasteiger partial charge in [0.1, 0.15) is 5.82 Å². The first-order valence-corrected chi connectivity index (χ1v) is 6.09. The van der Waals surface area contributed by atoms with Crippen LogP contribution in [0.3, 0.4) is 0 Å². The predicted octanol–water partition coefficient (Wildman–Crippen LogP) is 1.94. The predicted molar refractivity (Wildman–Crippen MR) is 68.3 cm³/mol. The summed E-state index contributed by atoms with van der Waals surface area (Å²) in [6, 6.07) is 5.03. The third-order valence-electron chi connectivity index (χ3n) is 3.59. The molecule has 1 aromatic heterocycles. The zero-order valence-corrected chi connectivity index (χ0v) is 10.6. The van der Waals surface area contributed by atoms with E-state index in [0.717, 1.165) is 36.6 Å². The molecule has 1 aliphatic rings. The van der Waals surface area contributed by atoms with Gasteiger partial charge in [0.2, 0.25) is 5.95 Å². The molecule has 0 radical (unpaired) electrons. The maximum atomic E-state index is 13.3. The van der Waals surface area contributed by atoms with Crippen molar-refractivity contribution in [2.45, 2.75) is 12.5 Å². The minimum absolute atomic E-state index is 0.232. The van der Waals surface area contributed by atoms with Gasteiger partial charge < -0.3 is 14.2 Å². The molecule has 18 heavy (non-hydrogen) atoms. The summed E-state index contributed by atoms with van der Waals surface area (Å²) >= 11 is 0. The highest BCUT2D eigenvalue weighted by Crippen LogP contribution is 2.24. The van der Waals surface area contributed by atoms with Crippen LogP contribution < -0.4 is 4.90 Å². The van der Waals surface area contributed by atoms with Crippen molar-refractivity contribution in [1.82, 2.24) is 9.55 Å². The molecule has 96 valence electrons. The molecule has 0 amide bonds. The van der Waals surface area contributed by atoms with E-state index in [-0.39, 0.29) is 5.82 Å². The fourth-order valence-corrected chi connectivity index (χ4v) is 2.46. The molecular weight excluding hydrogens is 233 g/mol. The topological polar surface area (TPSA) is 30.3 Å². The van der Waals surface area contributed by atoms with Gasteiger partial charge in [-0.15, -0.1) is 0 Å². The molecule has 4 nitrogen and oxygen atoms in total. The lowest BCUT2D eigenvalue weighted by Crippen LogP contribution is -2.33. The Morgan fingerprint density at radius 3 is 3.06 bits per heavy atom. The number of halogens is 1. The average molecular weight is 249 g/mol. The fraction of sp³-hybridized carbons (Fsp3) is 0.462. The highest BCUT2D eigenvalue weighted by molar-refractivity contribution is 5.78. The van der Waals surface area contributed by atoms with Gasteiger partial charge in [-0.3, -0.25) is 0 Å². The number of fused-ring (bicyclic) bond motifs is 1. The van der Waals surface area contributed by atoms with Crippen LogP contribution in [-0.4, -0.2) is 35.9 Å². The first-order chi connectivity index (χ1) is 8.66. The van der Waals surface area contributed by atoms with Gasteiger partial charge in [-0.25, -0.2) is 9.37 Å². The molecule has 1 aliphatic heterocycles. The van der Waals surface area contributed by atoms with Gasteiger partial charge in [-0.1, -0.05) is 0 Å². The third kappa shape index (κ3) is 1.75. The summed E-state index contributed by atoms with van der Waals surface area (Å²) in [6.45, 7) is 1.53. The fourth-order valence-electron chi connectivity index (χ4n) is 2.46. The molecule has 1 atom stereocenters. The van der Waals surface area contributed by atoms with Crippen LogP contribution in [0.15, 0.2) is 18.2 Å². The van der Waals surface area contributed by atoms with Crippen molar-refractivity contribution < 1.29 is 9.13 Å². The quantitative estimate of drug-likeness (QED) is 0.814. The Bertz CT molecular complexity index is 575.